The lowest BCUT2D eigenvalue weighted by Crippen LogP contribution is -2.53. The van der Waals surface area contributed by atoms with E-state index >= 15 is 0 Å². The first-order valence-corrected chi connectivity index (χ1v) is 16.3. The summed E-state index contributed by atoms with van der Waals surface area (Å²) in [6, 6.07) is 15.4. The highest BCUT2D eigenvalue weighted by molar-refractivity contribution is 7.92. The summed E-state index contributed by atoms with van der Waals surface area (Å²) in [6.07, 6.45) is 0.969. The van der Waals surface area contributed by atoms with Crippen LogP contribution in [-0.4, -0.2) is 50.9 Å². The summed E-state index contributed by atoms with van der Waals surface area (Å²) in [7, 11) is -2.83. The van der Waals surface area contributed by atoms with Crippen LogP contribution in [0.15, 0.2) is 65.6 Å². The van der Waals surface area contributed by atoms with Gasteiger partial charge in [-0.1, -0.05) is 66.9 Å². The van der Waals surface area contributed by atoms with Gasteiger partial charge in [0.1, 0.15) is 18.3 Å². The molecule has 0 saturated heterocycles. The molecule has 43 heavy (non-hydrogen) atoms. The summed E-state index contributed by atoms with van der Waals surface area (Å²) in [6.45, 7) is 8.58. The van der Waals surface area contributed by atoms with Crippen LogP contribution in [0.4, 0.5) is 5.69 Å². The highest BCUT2D eigenvalue weighted by Crippen LogP contribution is 2.34. The summed E-state index contributed by atoms with van der Waals surface area (Å²) in [5.41, 5.74) is 2.31. The number of anilines is 1. The second-order valence-electron chi connectivity index (χ2n) is 10.5. The number of hydrogen-bond acceptors (Lipinski definition) is 5. The largest absolute Gasteiger partial charge is 0.495 e. The highest BCUT2D eigenvalue weighted by atomic mass is 35.5. The number of nitrogens with one attached hydrogen (secondary N) is 1. The van der Waals surface area contributed by atoms with Crippen molar-refractivity contribution in [3.8, 4) is 5.75 Å². The van der Waals surface area contributed by atoms with Gasteiger partial charge in [-0.05, 0) is 75.6 Å². The third-order valence-corrected chi connectivity index (χ3v) is 9.75. The Morgan fingerprint density at radius 1 is 0.930 bits per heavy atom. The molecule has 0 aliphatic rings. The van der Waals surface area contributed by atoms with Crippen molar-refractivity contribution in [1.82, 2.24) is 10.2 Å². The maximum Gasteiger partial charge on any atom is 0.264 e. The molecule has 0 saturated carbocycles. The Labute approximate surface area is 265 Å². The van der Waals surface area contributed by atoms with E-state index in [-0.39, 0.29) is 41.2 Å². The first-order valence-electron chi connectivity index (χ1n) is 14.1. The molecule has 0 aliphatic carbocycles. The van der Waals surface area contributed by atoms with Crippen molar-refractivity contribution < 1.29 is 22.7 Å². The molecule has 11 heteroatoms. The van der Waals surface area contributed by atoms with Crippen molar-refractivity contribution in [3.63, 3.8) is 0 Å². The molecular weight excluding hydrogens is 609 g/mol. The van der Waals surface area contributed by atoms with E-state index in [1.807, 2.05) is 27.7 Å². The lowest BCUT2D eigenvalue weighted by Gasteiger charge is -2.34. The molecule has 2 amide bonds. The Bertz CT molecular complexity index is 1530. The van der Waals surface area contributed by atoms with E-state index in [2.05, 4.69) is 5.32 Å². The number of sulfonamides is 1. The van der Waals surface area contributed by atoms with Crippen molar-refractivity contribution in [2.24, 2.45) is 0 Å². The maximum absolute atomic E-state index is 14.3. The van der Waals surface area contributed by atoms with Crippen LogP contribution in [0.1, 0.15) is 50.3 Å². The quantitative estimate of drug-likeness (QED) is 0.227. The molecule has 0 fully saturated rings. The average Bonchev–Trinajstić information content (AvgIpc) is 2.97. The molecule has 8 nitrogen and oxygen atoms in total. The van der Waals surface area contributed by atoms with Crippen molar-refractivity contribution in [1.29, 1.82) is 0 Å². The van der Waals surface area contributed by atoms with E-state index in [0.717, 1.165) is 15.4 Å². The van der Waals surface area contributed by atoms with Crippen LogP contribution >= 0.6 is 23.2 Å². The minimum absolute atomic E-state index is 0.0108. The number of halogens is 2. The number of ether oxygens (including phenoxy) is 1. The van der Waals surface area contributed by atoms with E-state index in [0.29, 0.717) is 22.0 Å². The average molecular weight is 649 g/mol. The monoisotopic (exact) mass is 647 g/mol. The summed E-state index contributed by atoms with van der Waals surface area (Å²) >= 11 is 13.0. The maximum atomic E-state index is 14.3. The summed E-state index contributed by atoms with van der Waals surface area (Å²) in [5, 5.41) is 3.60. The predicted molar refractivity (Wildman–Crippen MR) is 172 cm³/mol. The molecule has 0 spiro atoms. The molecule has 2 atom stereocenters. The molecule has 232 valence electrons. The summed E-state index contributed by atoms with van der Waals surface area (Å²) < 4.78 is 34.9. The zero-order valence-electron chi connectivity index (χ0n) is 25.4. The molecule has 0 aliphatic heterocycles. The van der Waals surface area contributed by atoms with Gasteiger partial charge in [0.25, 0.3) is 10.0 Å². The van der Waals surface area contributed by atoms with Gasteiger partial charge in [-0.15, -0.1) is 0 Å². The molecule has 0 unspecified atom stereocenters. The Morgan fingerprint density at radius 2 is 1.53 bits per heavy atom. The van der Waals surface area contributed by atoms with Gasteiger partial charge in [0.15, 0.2) is 0 Å². The van der Waals surface area contributed by atoms with Crippen LogP contribution in [0, 0.1) is 13.8 Å². The molecule has 3 aromatic carbocycles. The van der Waals surface area contributed by atoms with Crippen LogP contribution < -0.4 is 14.4 Å². The topological polar surface area (TPSA) is 96.0 Å². The van der Waals surface area contributed by atoms with Gasteiger partial charge >= 0.3 is 0 Å². The van der Waals surface area contributed by atoms with E-state index < -0.39 is 28.5 Å². The first-order chi connectivity index (χ1) is 20.3. The summed E-state index contributed by atoms with van der Waals surface area (Å²) in [4.78, 5) is 29.2. The normalized spacial score (nSPS) is 12.7. The third-order valence-electron chi connectivity index (χ3n) is 7.27. The highest BCUT2D eigenvalue weighted by Gasteiger charge is 2.35. The Kier molecular flexibility index (Phi) is 11.9. The number of carbonyl (C=O) groups excluding carboxylic acids is 2. The van der Waals surface area contributed by atoms with Gasteiger partial charge in [-0.3, -0.25) is 13.9 Å². The molecule has 0 heterocycles. The second kappa shape index (κ2) is 14.9. The second-order valence-corrected chi connectivity index (χ2v) is 13.1. The lowest BCUT2D eigenvalue weighted by atomic mass is 10.1. The number of amides is 2. The number of benzene rings is 3. The first kappa shape index (κ1) is 34.2. The number of aryl methyl sites for hydroxylation is 2. The SMILES string of the molecule is CC[C@@H](C)NC(=O)[C@@H](CC)N(Cc1c(Cl)cccc1Cl)C(=O)CN(c1cc(C)ccc1OC)S(=O)(=O)c1ccc(C)cc1. The van der Waals surface area contributed by atoms with Gasteiger partial charge in [-0.25, -0.2) is 8.42 Å². The van der Waals surface area contributed by atoms with E-state index in [1.165, 1.54) is 24.1 Å². The number of rotatable bonds is 13. The predicted octanol–water partition coefficient (Wildman–Crippen LogP) is 6.54. The van der Waals surface area contributed by atoms with Crippen LogP contribution in [0.3, 0.4) is 0 Å². The minimum Gasteiger partial charge on any atom is -0.495 e. The summed E-state index contributed by atoms with van der Waals surface area (Å²) in [5.74, 6) is -0.688. The van der Waals surface area contributed by atoms with Crippen LogP contribution in [-0.2, 0) is 26.2 Å². The molecular formula is C32H39Cl2N3O5S. The number of carbonyl (C=O) groups is 2. The minimum atomic E-state index is -4.26. The number of nitrogens with zero attached hydrogens (tertiary/aromatic N) is 2. The molecule has 1 N–H and O–H groups in total. The van der Waals surface area contributed by atoms with Gasteiger partial charge in [0, 0.05) is 28.2 Å². The molecule has 0 aromatic heterocycles. The zero-order chi connectivity index (χ0) is 31.9. The number of hydrogen-bond donors (Lipinski definition) is 1. The Balaban J connectivity index is 2.17. The van der Waals surface area contributed by atoms with Gasteiger partial charge in [0.2, 0.25) is 11.8 Å². The van der Waals surface area contributed by atoms with E-state index in [4.69, 9.17) is 27.9 Å². The number of methoxy groups -OCH3 is 1. The van der Waals surface area contributed by atoms with E-state index in [9.17, 15) is 18.0 Å². The van der Waals surface area contributed by atoms with Gasteiger partial charge < -0.3 is 15.0 Å². The third kappa shape index (κ3) is 8.22. The van der Waals surface area contributed by atoms with Crippen molar-refractivity contribution in [2.75, 3.05) is 18.0 Å². The Hall–Kier alpha value is -3.27. The molecule has 3 rings (SSSR count). The standard InChI is InChI=1S/C32H39Cl2N3O5S/c1-7-23(5)35-32(39)28(8-2)36(19-25-26(33)10-9-11-27(25)34)31(38)20-37(29-18-22(4)14-17-30(29)42-6)43(40,41)24-15-12-21(3)13-16-24/h9-18,23,28H,7-8,19-20H2,1-6H3,(H,35,39)/t23-,28-/m1/s1. The van der Waals surface area contributed by atoms with Crippen molar-refractivity contribution >= 4 is 50.7 Å². The van der Waals surface area contributed by atoms with Gasteiger partial charge in [0.05, 0.1) is 17.7 Å². The Morgan fingerprint density at radius 3 is 2.09 bits per heavy atom. The van der Waals surface area contributed by atoms with E-state index in [1.54, 1.807) is 55.5 Å². The molecule has 0 bridgehead atoms. The molecule has 0 radical (unpaired) electrons. The van der Waals surface area contributed by atoms with Crippen LogP contribution in [0.5, 0.6) is 5.75 Å². The fraction of sp³-hybridized carbons (Fsp3) is 0.375. The van der Waals surface area contributed by atoms with Gasteiger partial charge in [-0.2, -0.15) is 0 Å². The van der Waals surface area contributed by atoms with Crippen LogP contribution in [0.25, 0.3) is 0 Å². The van der Waals surface area contributed by atoms with Crippen molar-refractivity contribution in [2.45, 2.75) is 71.0 Å². The lowest BCUT2D eigenvalue weighted by molar-refractivity contribution is -0.140. The van der Waals surface area contributed by atoms with Crippen molar-refractivity contribution in [3.05, 3.63) is 87.4 Å². The fourth-order valence-corrected chi connectivity index (χ4v) is 6.49. The zero-order valence-corrected chi connectivity index (χ0v) is 27.7. The van der Waals surface area contributed by atoms with Crippen LogP contribution in [0.2, 0.25) is 10.0 Å². The molecule has 3 aromatic rings. The smallest absolute Gasteiger partial charge is 0.264 e. The fourth-order valence-electron chi connectivity index (χ4n) is 4.56.